The molecule has 2 aliphatic rings. The molecule has 0 saturated carbocycles. The van der Waals surface area contributed by atoms with E-state index in [0.29, 0.717) is 18.0 Å². The van der Waals surface area contributed by atoms with E-state index in [4.69, 9.17) is 39.2 Å². The SMILES string of the molecule is COc1ncccc1CN1C[C@@H](N(C)C)[C@H]2COC[C@H]21.O=C(O)C(F)(F)F.O=C(O)C(F)(F)F.O=C(O)C(F)(F)F. The Balaban J connectivity index is 0.000000631. The lowest BCUT2D eigenvalue weighted by Gasteiger charge is -2.24. The molecule has 2 aliphatic heterocycles. The number of nitrogens with zero attached hydrogens (tertiary/aromatic N) is 3. The second kappa shape index (κ2) is 15.6. The molecule has 236 valence electrons. The summed E-state index contributed by atoms with van der Waals surface area (Å²) >= 11 is 0. The van der Waals surface area contributed by atoms with Gasteiger partial charge in [-0.05, 0) is 20.2 Å². The minimum atomic E-state index is -5.08. The Bertz CT molecular complexity index is 947. The summed E-state index contributed by atoms with van der Waals surface area (Å²) in [4.78, 5) is 35.8. The summed E-state index contributed by atoms with van der Waals surface area (Å²) in [6.07, 6.45) is -13.5. The molecule has 3 heterocycles. The summed E-state index contributed by atoms with van der Waals surface area (Å²) in [6.45, 7) is 3.70. The first kappa shape index (κ1) is 37.6. The second-order valence-corrected chi connectivity index (χ2v) is 8.31. The lowest BCUT2D eigenvalue weighted by atomic mass is 9.99. The Morgan fingerprint density at radius 3 is 1.76 bits per heavy atom. The van der Waals surface area contributed by atoms with Gasteiger partial charge in [0.15, 0.2) is 0 Å². The fourth-order valence-electron chi connectivity index (χ4n) is 3.49. The zero-order valence-electron chi connectivity index (χ0n) is 21.4. The maximum Gasteiger partial charge on any atom is 0.490 e. The van der Waals surface area contributed by atoms with Gasteiger partial charge in [0.05, 0.1) is 20.3 Å². The number of hydrogen-bond donors (Lipinski definition) is 3. The van der Waals surface area contributed by atoms with Crippen molar-refractivity contribution in [3.8, 4) is 5.88 Å². The largest absolute Gasteiger partial charge is 0.490 e. The number of pyridine rings is 1. The number of aliphatic carboxylic acids is 3. The van der Waals surface area contributed by atoms with Gasteiger partial charge in [-0.3, -0.25) is 4.90 Å². The van der Waals surface area contributed by atoms with Crippen molar-refractivity contribution in [2.24, 2.45) is 5.92 Å². The van der Waals surface area contributed by atoms with Crippen LogP contribution < -0.4 is 4.74 Å². The van der Waals surface area contributed by atoms with Crippen molar-refractivity contribution in [3.05, 3.63) is 23.9 Å². The minimum Gasteiger partial charge on any atom is -0.481 e. The second-order valence-electron chi connectivity index (χ2n) is 8.31. The minimum absolute atomic E-state index is 0.521. The van der Waals surface area contributed by atoms with Gasteiger partial charge < -0.3 is 29.7 Å². The smallest absolute Gasteiger partial charge is 0.481 e. The number of alkyl halides is 9. The van der Waals surface area contributed by atoms with Crippen molar-refractivity contribution in [2.45, 2.75) is 37.2 Å². The Kier molecular flexibility index (Phi) is 14.3. The number of halogens is 9. The number of fused-ring (bicyclic) bond motifs is 1. The van der Waals surface area contributed by atoms with Crippen LogP contribution in [0.2, 0.25) is 0 Å². The van der Waals surface area contributed by atoms with E-state index in [1.807, 2.05) is 6.07 Å². The number of carboxylic acids is 3. The molecule has 41 heavy (non-hydrogen) atoms. The summed E-state index contributed by atoms with van der Waals surface area (Å²) in [6, 6.07) is 5.16. The van der Waals surface area contributed by atoms with Crippen LogP contribution in [-0.4, -0.2) is 120 Å². The van der Waals surface area contributed by atoms with Crippen LogP contribution in [-0.2, 0) is 25.7 Å². The maximum absolute atomic E-state index is 10.6. The number of likely N-dealkylation sites (N-methyl/N-ethyl adjacent to an activating group) is 1. The topological polar surface area (TPSA) is 150 Å². The van der Waals surface area contributed by atoms with Gasteiger partial charge in [0.25, 0.3) is 0 Å². The number of ether oxygens (including phenoxy) is 2. The Hall–Kier alpha value is -3.39. The Morgan fingerprint density at radius 1 is 0.951 bits per heavy atom. The third-order valence-corrected chi connectivity index (χ3v) is 5.29. The molecule has 0 spiro atoms. The highest BCUT2D eigenvalue weighted by molar-refractivity contribution is 5.73. The predicted octanol–water partition coefficient (Wildman–Crippen LogP) is 2.75. The molecule has 11 nitrogen and oxygen atoms in total. The normalized spacial score (nSPS) is 20.4. The molecule has 20 heteroatoms. The lowest BCUT2D eigenvalue weighted by molar-refractivity contribution is -0.193. The van der Waals surface area contributed by atoms with Gasteiger partial charge in [-0.1, -0.05) is 6.07 Å². The molecule has 0 bridgehead atoms. The van der Waals surface area contributed by atoms with Gasteiger partial charge in [0, 0.05) is 42.9 Å². The maximum atomic E-state index is 10.6. The molecule has 3 rings (SSSR count). The Labute approximate surface area is 226 Å². The van der Waals surface area contributed by atoms with Gasteiger partial charge in [-0.25, -0.2) is 19.4 Å². The number of aromatic nitrogens is 1. The first-order chi connectivity index (χ1) is 18.5. The van der Waals surface area contributed by atoms with Gasteiger partial charge in [0.2, 0.25) is 5.88 Å². The third kappa shape index (κ3) is 13.2. The standard InChI is InChI=1S/C15H23N3O2.3C2HF3O2/c1-17(2)13-8-18(14-10-20-9-12(13)14)7-11-5-4-6-16-15(11)19-3;3*3-2(4,5)1(6)7/h4-6,12-14H,7-10H2,1-3H3;3*(H,6,7)/t12-,13-,14-;;;/m1.../s1. The molecule has 0 aliphatic carbocycles. The molecule has 3 atom stereocenters. The molecule has 0 amide bonds. The number of rotatable bonds is 4. The average Bonchev–Trinajstić information content (AvgIpc) is 3.42. The molecule has 3 N–H and O–H groups in total. The molecule has 2 fully saturated rings. The van der Waals surface area contributed by atoms with Crippen molar-refractivity contribution in [1.82, 2.24) is 14.8 Å². The lowest BCUT2D eigenvalue weighted by Crippen LogP contribution is -2.36. The van der Waals surface area contributed by atoms with Crippen LogP contribution in [0.1, 0.15) is 5.56 Å². The van der Waals surface area contributed by atoms with Crippen molar-refractivity contribution in [1.29, 1.82) is 0 Å². The van der Waals surface area contributed by atoms with Crippen molar-refractivity contribution in [2.75, 3.05) is 41.0 Å². The number of carboxylic acid groups (broad SMARTS) is 3. The molecule has 0 aromatic carbocycles. The van der Waals surface area contributed by atoms with Gasteiger partial charge in [0.1, 0.15) is 0 Å². The quantitative estimate of drug-likeness (QED) is 0.427. The van der Waals surface area contributed by atoms with Crippen molar-refractivity contribution in [3.63, 3.8) is 0 Å². The van der Waals surface area contributed by atoms with Gasteiger partial charge >= 0.3 is 36.4 Å². The van der Waals surface area contributed by atoms with E-state index < -0.39 is 36.4 Å². The zero-order chi connectivity index (χ0) is 32.3. The summed E-state index contributed by atoms with van der Waals surface area (Å²) < 4.78 is 106. The predicted molar refractivity (Wildman–Crippen MR) is 118 cm³/mol. The van der Waals surface area contributed by atoms with Crippen molar-refractivity contribution >= 4 is 17.9 Å². The van der Waals surface area contributed by atoms with Crippen LogP contribution in [0.4, 0.5) is 39.5 Å². The zero-order valence-corrected chi connectivity index (χ0v) is 21.4. The molecule has 0 radical (unpaired) electrons. The van der Waals surface area contributed by atoms with E-state index in [1.54, 1.807) is 13.3 Å². The summed E-state index contributed by atoms with van der Waals surface area (Å²) in [5.41, 5.74) is 1.15. The van der Waals surface area contributed by atoms with Crippen LogP contribution in [0.25, 0.3) is 0 Å². The van der Waals surface area contributed by atoms with Crippen LogP contribution in [0.5, 0.6) is 5.88 Å². The van der Waals surface area contributed by atoms with E-state index in [1.165, 1.54) is 0 Å². The van der Waals surface area contributed by atoms with Gasteiger partial charge in [-0.2, -0.15) is 39.5 Å². The molecule has 0 unspecified atom stereocenters. The van der Waals surface area contributed by atoms with Gasteiger partial charge in [-0.15, -0.1) is 0 Å². The summed E-state index contributed by atoms with van der Waals surface area (Å²) in [5, 5.41) is 21.4. The highest BCUT2D eigenvalue weighted by Gasteiger charge is 2.46. The van der Waals surface area contributed by atoms with E-state index >= 15 is 0 Å². The average molecular weight is 619 g/mol. The van der Waals surface area contributed by atoms with E-state index in [9.17, 15) is 39.5 Å². The molecule has 2 saturated heterocycles. The van der Waals surface area contributed by atoms with Crippen LogP contribution in [0.3, 0.4) is 0 Å². The van der Waals surface area contributed by atoms with Crippen LogP contribution in [0, 0.1) is 5.92 Å². The van der Waals surface area contributed by atoms with E-state index in [0.717, 1.165) is 37.7 Å². The van der Waals surface area contributed by atoms with E-state index in [-0.39, 0.29) is 0 Å². The number of methoxy groups -OCH3 is 1. The first-order valence-corrected chi connectivity index (χ1v) is 10.9. The summed E-state index contributed by atoms with van der Waals surface area (Å²) in [7, 11) is 6.00. The van der Waals surface area contributed by atoms with Crippen LogP contribution >= 0.6 is 0 Å². The highest BCUT2D eigenvalue weighted by Crippen LogP contribution is 2.34. The number of hydrogen-bond acceptors (Lipinski definition) is 8. The molecular weight excluding hydrogens is 593 g/mol. The molecular formula is C21H26F9N3O8. The third-order valence-electron chi connectivity index (χ3n) is 5.29. The molecule has 1 aromatic rings. The first-order valence-electron chi connectivity index (χ1n) is 10.9. The highest BCUT2D eigenvalue weighted by atomic mass is 19.4. The van der Waals surface area contributed by atoms with Crippen molar-refractivity contribution < 1.29 is 78.7 Å². The monoisotopic (exact) mass is 619 g/mol. The summed E-state index contributed by atoms with van der Waals surface area (Å²) in [5.74, 6) is -6.92. The molecule has 1 aromatic heterocycles. The van der Waals surface area contributed by atoms with E-state index in [2.05, 4.69) is 34.9 Å². The van der Waals surface area contributed by atoms with Crippen LogP contribution in [0.15, 0.2) is 18.3 Å². The number of likely N-dealkylation sites (tertiary alicyclic amines) is 1. The Morgan fingerprint density at radius 2 is 1.39 bits per heavy atom. The number of carbonyl (C=O) groups is 3. The fourth-order valence-corrected chi connectivity index (χ4v) is 3.49. The fraction of sp³-hybridized carbons (Fsp3) is 0.619.